The maximum atomic E-state index is 12.2. The van der Waals surface area contributed by atoms with Crippen LogP contribution < -0.4 is 5.32 Å². The van der Waals surface area contributed by atoms with E-state index in [1.54, 1.807) is 25.2 Å². The van der Waals surface area contributed by atoms with Crippen molar-refractivity contribution in [2.45, 2.75) is 10.9 Å². The molecule has 96 valence electrons. The molecule has 1 aliphatic heterocycles. The molecule has 0 amide bonds. The summed E-state index contributed by atoms with van der Waals surface area (Å²) in [6.45, 7) is 1.39. The first-order valence-electron chi connectivity index (χ1n) is 4.97. The number of hydrogen-bond donors (Lipinski definition) is 1. The maximum absolute atomic E-state index is 12.2. The lowest BCUT2D eigenvalue weighted by Crippen LogP contribution is -2.57. The Morgan fingerprint density at radius 3 is 2.41 bits per heavy atom. The molecule has 2 rings (SSSR count). The summed E-state index contributed by atoms with van der Waals surface area (Å²) in [4.78, 5) is 0.172. The number of benzene rings is 1. The lowest BCUT2D eigenvalue weighted by Gasteiger charge is -2.34. The smallest absolute Gasteiger partial charge is 0.244 e. The van der Waals surface area contributed by atoms with Gasteiger partial charge in [0.1, 0.15) is 4.90 Å². The van der Waals surface area contributed by atoms with Crippen molar-refractivity contribution >= 4 is 34.0 Å². The highest BCUT2D eigenvalue weighted by atomic mass is 35.5. The molecule has 0 aromatic heterocycles. The van der Waals surface area contributed by atoms with Gasteiger partial charge in [-0.15, -0.1) is 12.4 Å². The number of hydrogen-bond acceptors (Lipinski definition) is 3. The summed E-state index contributed by atoms with van der Waals surface area (Å²) in [6.07, 6.45) is 0. The van der Waals surface area contributed by atoms with Gasteiger partial charge in [-0.05, 0) is 12.1 Å². The zero-order chi connectivity index (χ0) is 11.8. The fourth-order valence-electron chi connectivity index (χ4n) is 1.54. The van der Waals surface area contributed by atoms with Crippen molar-refractivity contribution in [2.24, 2.45) is 0 Å². The number of nitrogens with zero attached hydrogens (tertiary/aromatic N) is 1. The standard InChI is InChI=1S/C10H13ClN2O2S.ClH/c1-13(8-6-12-7-8)16(14,15)10-5-3-2-4-9(10)11;/h2-5,8,12H,6-7H2,1H3;1H. The van der Waals surface area contributed by atoms with Crippen LogP contribution >= 0.6 is 24.0 Å². The number of nitrogens with one attached hydrogen (secondary N) is 1. The Balaban J connectivity index is 0.00000144. The van der Waals surface area contributed by atoms with Crippen LogP contribution in [0.3, 0.4) is 0 Å². The van der Waals surface area contributed by atoms with Gasteiger partial charge in [0.15, 0.2) is 0 Å². The molecule has 1 heterocycles. The summed E-state index contributed by atoms with van der Waals surface area (Å²) in [7, 11) is -1.88. The van der Waals surface area contributed by atoms with E-state index in [0.29, 0.717) is 13.1 Å². The predicted molar refractivity (Wildman–Crippen MR) is 70.3 cm³/mol. The Morgan fingerprint density at radius 1 is 1.35 bits per heavy atom. The Morgan fingerprint density at radius 2 is 1.94 bits per heavy atom. The van der Waals surface area contributed by atoms with E-state index in [4.69, 9.17) is 11.6 Å². The first-order chi connectivity index (χ1) is 7.53. The molecule has 0 unspecified atom stereocenters. The van der Waals surface area contributed by atoms with Gasteiger partial charge in [0, 0.05) is 26.2 Å². The van der Waals surface area contributed by atoms with E-state index in [-0.39, 0.29) is 28.4 Å². The van der Waals surface area contributed by atoms with Crippen molar-refractivity contribution < 1.29 is 8.42 Å². The van der Waals surface area contributed by atoms with Gasteiger partial charge in [0.25, 0.3) is 0 Å². The van der Waals surface area contributed by atoms with Crippen LogP contribution in [0.2, 0.25) is 5.02 Å². The molecule has 7 heteroatoms. The van der Waals surface area contributed by atoms with Crippen LogP contribution in [0.1, 0.15) is 0 Å². The average molecular weight is 297 g/mol. The molecule has 17 heavy (non-hydrogen) atoms. The lowest BCUT2D eigenvalue weighted by molar-refractivity contribution is 0.274. The highest BCUT2D eigenvalue weighted by molar-refractivity contribution is 7.89. The molecule has 0 spiro atoms. The second-order valence-corrected chi connectivity index (χ2v) is 6.14. The van der Waals surface area contributed by atoms with E-state index in [1.165, 1.54) is 10.4 Å². The molecule has 0 bridgehead atoms. The van der Waals surface area contributed by atoms with Crippen LogP contribution in [-0.4, -0.2) is 38.9 Å². The minimum Gasteiger partial charge on any atom is -0.313 e. The van der Waals surface area contributed by atoms with Crippen molar-refractivity contribution in [2.75, 3.05) is 20.1 Å². The van der Waals surface area contributed by atoms with Crippen LogP contribution in [-0.2, 0) is 10.0 Å². The van der Waals surface area contributed by atoms with Crippen molar-refractivity contribution in [3.63, 3.8) is 0 Å². The van der Waals surface area contributed by atoms with Crippen molar-refractivity contribution in [1.82, 2.24) is 9.62 Å². The monoisotopic (exact) mass is 296 g/mol. The van der Waals surface area contributed by atoms with Gasteiger partial charge in [-0.25, -0.2) is 8.42 Å². The average Bonchev–Trinajstić information content (AvgIpc) is 2.15. The van der Waals surface area contributed by atoms with E-state index < -0.39 is 10.0 Å². The van der Waals surface area contributed by atoms with E-state index in [1.807, 2.05) is 0 Å². The van der Waals surface area contributed by atoms with Gasteiger partial charge < -0.3 is 5.32 Å². The molecule has 1 fully saturated rings. The molecule has 0 atom stereocenters. The first-order valence-corrected chi connectivity index (χ1v) is 6.78. The molecular weight excluding hydrogens is 283 g/mol. The largest absolute Gasteiger partial charge is 0.313 e. The SMILES string of the molecule is CN(C1CNC1)S(=O)(=O)c1ccccc1Cl.Cl. The van der Waals surface area contributed by atoms with Gasteiger partial charge in [-0.3, -0.25) is 0 Å². The number of halogens is 2. The minimum absolute atomic E-state index is 0. The molecule has 4 nitrogen and oxygen atoms in total. The Bertz CT molecular complexity index is 489. The van der Waals surface area contributed by atoms with E-state index in [0.717, 1.165) is 0 Å². The van der Waals surface area contributed by atoms with Crippen molar-refractivity contribution in [3.05, 3.63) is 29.3 Å². The molecular formula is C10H14Cl2N2O2S. The normalized spacial score (nSPS) is 16.4. The van der Waals surface area contributed by atoms with Crippen LogP contribution in [0.25, 0.3) is 0 Å². The first kappa shape index (κ1) is 14.7. The number of rotatable bonds is 3. The summed E-state index contributed by atoms with van der Waals surface area (Å²) < 4.78 is 25.8. The summed E-state index contributed by atoms with van der Waals surface area (Å²) in [5, 5.41) is 3.31. The third-order valence-electron chi connectivity index (χ3n) is 2.77. The zero-order valence-corrected chi connectivity index (χ0v) is 11.6. The Hall–Kier alpha value is -0.330. The van der Waals surface area contributed by atoms with Gasteiger partial charge in [-0.2, -0.15) is 4.31 Å². The lowest BCUT2D eigenvalue weighted by atomic mass is 10.2. The van der Waals surface area contributed by atoms with Gasteiger partial charge >= 0.3 is 0 Å². The quantitative estimate of drug-likeness (QED) is 0.916. The molecule has 1 aromatic carbocycles. The molecule has 0 radical (unpaired) electrons. The molecule has 1 N–H and O–H groups in total. The summed E-state index contributed by atoms with van der Waals surface area (Å²) in [6, 6.07) is 6.53. The van der Waals surface area contributed by atoms with E-state index in [2.05, 4.69) is 5.32 Å². The highest BCUT2D eigenvalue weighted by Gasteiger charge is 2.32. The maximum Gasteiger partial charge on any atom is 0.244 e. The summed E-state index contributed by atoms with van der Waals surface area (Å²) in [5.74, 6) is 0. The molecule has 0 aliphatic carbocycles. The Kier molecular flexibility index (Phi) is 4.80. The van der Waals surface area contributed by atoms with Gasteiger partial charge in [0.2, 0.25) is 10.0 Å². The molecule has 1 aromatic rings. The predicted octanol–water partition coefficient (Wildman–Crippen LogP) is 1.35. The molecule has 1 saturated heterocycles. The van der Waals surface area contributed by atoms with Crippen LogP contribution in [0.5, 0.6) is 0 Å². The van der Waals surface area contributed by atoms with Crippen molar-refractivity contribution in [1.29, 1.82) is 0 Å². The zero-order valence-electron chi connectivity index (χ0n) is 9.26. The summed E-state index contributed by atoms with van der Waals surface area (Å²) >= 11 is 5.90. The van der Waals surface area contributed by atoms with Crippen molar-refractivity contribution in [3.8, 4) is 0 Å². The third-order valence-corrected chi connectivity index (χ3v) is 5.18. The number of sulfonamides is 1. The minimum atomic E-state index is -3.47. The number of likely N-dealkylation sites (N-methyl/N-ethyl adjacent to an activating group) is 1. The van der Waals surface area contributed by atoms with Gasteiger partial charge in [0.05, 0.1) is 5.02 Å². The molecule has 1 aliphatic rings. The Labute approximate surface area is 112 Å². The van der Waals surface area contributed by atoms with E-state index in [9.17, 15) is 8.42 Å². The second kappa shape index (κ2) is 5.54. The van der Waals surface area contributed by atoms with E-state index >= 15 is 0 Å². The van der Waals surface area contributed by atoms with Gasteiger partial charge in [-0.1, -0.05) is 23.7 Å². The summed E-state index contributed by atoms with van der Waals surface area (Å²) in [5.41, 5.74) is 0. The fraction of sp³-hybridized carbons (Fsp3) is 0.400. The van der Waals surface area contributed by atoms with Crippen LogP contribution in [0.15, 0.2) is 29.2 Å². The topological polar surface area (TPSA) is 49.4 Å². The highest BCUT2D eigenvalue weighted by Crippen LogP contribution is 2.25. The van der Waals surface area contributed by atoms with Crippen LogP contribution in [0, 0.1) is 0 Å². The van der Waals surface area contributed by atoms with Crippen LogP contribution in [0.4, 0.5) is 0 Å². The third kappa shape index (κ3) is 2.74. The fourth-order valence-corrected chi connectivity index (χ4v) is 3.38. The second-order valence-electron chi connectivity index (χ2n) is 3.76. The molecule has 0 saturated carbocycles.